The number of hydrazine groups is 1. The number of halogens is 2. The van der Waals surface area contributed by atoms with Crippen LogP contribution in [-0.4, -0.2) is 0 Å². The Labute approximate surface area is 130 Å². The van der Waals surface area contributed by atoms with Gasteiger partial charge < -0.3 is 0 Å². The molecule has 0 saturated carbocycles. The molecule has 0 radical (unpaired) electrons. The summed E-state index contributed by atoms with van der Waals surface area (Å²) < 4.78 is 14.0. The van der Waals surface area contributed by atoms with E-state index in [9.17, 15) is 4.39 Å². The summed E-state index contributed by atoms with van der Waals surface area (Å²) in [5.74, 6) is 5.44. The molecule has 0 aliphatic carbocycles. The van der Waals surface area contributed by atoms with Crippen LogP contribution in [0.25, 0.3) is 0 Å². The molecule has 2 aromatic rings. The Morgan fingerprint density at radius 2 is 2.05 bits per heavy atom. The van der Waals surface area contributed by atoms with Gasteiger partial charge in [0.1, 0.15) is 5.82 Å². The number of nitrogens with two attached hydrogens (primary N) is 1. The Bertz CT molecular complexity index is 556. The lowest BCUT2D eigenvalue weighted by molar-refractivity contribution is 0.550. The molecule has 0 bridgehead atoms. The lowest BCUT2D eigenvalue weighted by Gasteiger charge is -2.17. The number of hydrogen-bond donors (Lipinski definition) is 2. The maximum atomic E-state index is 13.1. The predicted octanol–water partition coefficient (Wildman–Crippen LogP) is 3.80. The summed E-state index contributed by atoms with van der Waals surface area (Å²) in [5.41, 5.74) is 3.87. The van der Waals surface area contributed by atoms with Crippen molar-refractivity contribution in [2.75, 3.05) is 0 Å². The third-order valence-corrected chi connectivity index (χ3v) is 5.20. The first-order valence-electron chi connectivity index (χ1n) is 6.12. The van der Waals surface area contributed by atoms with E-state index in [0.29, 0.717) is 0 Å². The van der Waals surface area contributed by atoms with Crippen LogP contribution in [0.5, 0.6) is 0 Å². The minimum absolute atomic E-state index is 0.0101. The van der Waals surface area contributed by atoms with Crippen LogP contribution in [0.15, 0.2) is 30.3 Å². The summed E-state index contributed by atoms with van der Waals surface area (Å²) >= 11 is 3.96. The summed E-state index contributed by atoms with van der Waals surface area (Å²) in [6, 6.07) is 9.12. The SMILES string of the molecule is CCc1ccc(CC(NN)c2ccc(F)cc2I)s1. The van der Waals surface area contributed by atoms with Gasteiger partial charge in [0, 0.05) is 19.7 Å². The fourth-order valence-corrected chi connectivity index (χ4v) is 3.82. The van der Waals surface area contributed by atoms with Gasteiger partial charge in [0.2, 0.25) is 0 Å². The van der Waals surface area contributed by atoms with Gasteiger partial charge in [-0.25, -0.2) is 4.39 Å². The van der Waals surface area contributed by atoms with Crippen LogP contribution < -0.4 is 11.3 Å². The van der Waals surface area contributed by atoms with Gasteiger partial charge in [-0.2, -0.15) is 0 Å². The molecule has 102 valence electrons. The van der Waals surface area contributed by atoms with Crippen LogP contribution in [0.2, 0.25) is 0 Å². The van der Waals surface area contributed by atoms with Crippen molar-refractivity contribution in [3.05, 3.63) is 55.0 Å². The number of aryl methyl sites for hydroxylation is 1. The van der Waals surface area contributed by atoms with Crippen LogP contribution in [0.4, 0.5) is 4.39 Å². The van der Waals surface area contributed by atoms with E-state index in [4.69, 9.17) is 5.84 Å². The quantitative estimate of drug-likeness (QED) is 0.463. The second-order valence-corrected chi connectivity index (χ2v) is 6.73. The minimum Gasteiger partial charge on any atom is -0.271 e. The van der Waals surface area contributed by atoms with E-state index >= 15 is 0 Å². The molecule has 1 aromatic heterocycles. The number of thiophene rings is 1. The van der Waals surface area contributed by atoms with E-state index in [1.54, 1.807) is 6.07 Å². The molecule has 19 heavy (non-hydrogen) atoms. The zero-order chi connectivity index (χ0) is 13.8. The van der Waals surface area contributed by atoms with Crippen molar-refractivity contribution in [3.8, 4) is 0 Å². The van der Waals surface area contributed by atoms with Crippen LogP contribution in [-0.2, 0) is 12.8 Å². The number of benzene rings is 1. The van der Waals surface area contributed by atoms with E-state index in [1.807, 2.05) is 11.3 Å². The molecule has 2 rings (SSSR count). The number of hydrogen-bond acceptors (Lipinski definition) is 3. The number of rotatable bonds is 5. The van der Waals surface area contributed by atoms with Gasteiger partial charge in [0.25, 0.3) is 0 Å². The molecule has 1 aromatic carbocycles. The van der Waals surface area contributed by atoms with Gasteiger partial charge in [-0.3, -0.25) is 11.3 Å². The molecule has 5 heteroatoms. The first-order chi connectivity index (χ1) is 9.13. The molecule has 0 saturated heterocycles. The van der Waals surface area contributed by atoms with Crippen molar-refractivity contribution < 1.29 is 4.39 Å². The summed E-state index contributed by atoms with van der Waals surface area (Å²) in [5, 5.41) is 0. The Morgan fingerprint density at radius 1 is 1.32 bits per heavy atom. The smallest absolute Gasteiger partial charge is 0.124 e. The van der Waals surface area contributed by atoms with Gasteiger partial charge in [0.15, 0.2) is 0 Å². The standard InChI is InChI=1S/C14H16FIN2S/c1-2-10-4-5-11(19-10)8-14(18-17)12-6-3-9(15)7-13(12)16/h3-7,14,18H,2,8,17H2,1H3. The van der Waals surface area contributed by atoms with Crippen molar-refractivity contribution in [2.24, 2.45) is 5.84 Å². The Hall–Kier alpha value is -0.500. The molecule has 0 aliphatic heterocycles. The second-order valence-electron chi connectivity index (χ2n) is 4.31. The topological polar surface area (TPSA) is 38.0 Å². The molecular weight excluding hydrogens is 374 g/mol. The van der Waals surface area contributed by atoms with Crippen molar-refractivity contribution >= 4 is 33.9 Å². The van der Waals surface area contributed by atoms with Gasteiger partial charge in [-0.15, -0.1) is 11.3 Å². The summed E-state index contributed by atoms with van der Waals surface area (Å²) in [7, 11) is 0. The van der Waals surface area contributed by atoms with Crippen molar-refractivity contribution in [3.63, 3.8) is 0 Å². The van der Waals surface area contributed by atoms with E-state index in [-0.39, 0.29) is 11.9 Å². The number of nitrogens with one attached hydrogen (secondary N) is 1. The molecule has 3 N–H and O–H groups in total. The molecule has 0 spiro atoms. The average molecular weight is 390 g/mol. The van der Waals surface area contributed by atoms with Gasteiger partial charge in [0.05, 0.1) is 6.04 Å². The third-order valence-electron chi connectivity index (χ3n) is 3.01. The maximum absolute atomic E-state index is 13.1. The monoisotopic (exact) mass is 390 g/mol. The molecular formula is C14H16FIN2S. The minimum atomic E-state index is -0.215. The van der Waals surface area contributed by atoms with E-state index in [1.165, 1.54) is 21.9 Å². The first-order valence-corrected chi connectivity index (χ1v) is 8.02. The Balaban J connectivity index is 2.19. The van der Waals surface area contributed by atoms with Crippen LogP contribution in [0.1, 0.15) is 28.3 Å². The molecule has 1 unspecified atom stereocenters. The third kappa shape index (κ3) is 3.75. The highest BCUT2D eigenvalue weighted by Gasteiger charge is 2.15. The highest BCUT2D eigenvalue weighted by Crippen LogP contribution is 2.27. The van der Waals surface area contributed by atoms with Crippen LogP contribution in [0, 0.1) is 9.39 Å². The zero-order valence-electron chi connectivity index (χ0n) is 10.6. The van der Waals surface area contributed by atoms with Gasteiger partial charge in [-0.1, -0.05) is 13.0 Å². The fourth-order valence-electron chi connectivity index (χ4n) is 1.97. The fraction of sp³-hybridized carbons (Fsp3) is 0.286. The molecule has 1 atom stereocenters. The summed E-state index contributed by atoms with van der Waals surface area (Å²) in [6.45, 7) is 2.15. The highest BCUT2D eigenvalue weighted by atomic mass is 127. The Morgan fingerprint density at radius 3 is 2.63 bits per heavy atom. The molecule has 0 fully saturated rings. The zero-order valence-corrected chi connectivity index (χ0v) is 13.6. The Kier molecular flexibility index (Phi) is 5.32. The average Bonchev–Trinajstić information content (AvgIpc) is 2.84. The first kappa shape index (κ1) is 14.9. The maximum Gasteiger partial charge on any atom is 0.124 e. The lowest BCUT2D eigenvalue weighted by atomic mass is 10.0. The summed E-state index contributed by atoms with van der Waals surface area (Å²) in [6.07, 6.45) is 1.88. The summed E-state index contributed by atoms with van der Waals surface area (Å²) in [4.78, 5) is 2.67. The molecule has 2 nitrogen and oxygen atoms in total. The van der Waals surface area contributed by atoms with E-state index < -0.39 is 0 Å². The second kappa shape index (κ2) is 6.78. The normalized spacial score (nSPS) is 12.6. The predicted molar refractivity (Wildman–Crippen MR) is 86.6 cm³/mol. The molecule has 1 heterocycles. The van der Waals surface area contributed by atoms with Gasteiger partial charge in [-0.05, 0) is 58.8 Å². The molecule has 0 aliphatic rings. The highest BCUT2D eigenvalue weighted by molar-refractivity contribution is 14.1. The van der Waals surface area contributed by atoms with E-state index in [0.717, 1.165) is 22.0 Å². The lowest BCUT2D eigenvalue weighted by Crippen LogP contribution is -2.30. The van der Waals surface area contributed by atoms with Crippen molar-refractivity contribution in [2.45, 2.75) is 25.8 Å². The van der Waals surface area contributed by atoms with Crippen molar-refractivity contribution in [1.82, 2.24) is 5.43 Å². The van der Waals surface area contributed by atoms with Crippen LogP contribution >= 0.6 is 33.9 Å². The molecule has 0 amide bonds. The van der Waals surface area contributed by atoms with Crippen LogP contribution in [0.3, 0.4) is 0 Å². The largest absolute Gasteiger partial charge is 0.271 e. The van der Waals surface area contributed by atoms with E-state index in [2.05, 4.69) is 47.1 Å². The van der Waals surface area contributed by atoms with Gasteiger partial charge >= 0.3 is 0 Å². The van der Waals surface area contributed by atoms with Crippen molar-refractivity contribution in [1.29, 1.82) is 0 Å².